The molecule has 0 aromatic heterocycles. The van der Waals surface area contributed by atoms with Crippen LogP contribution >= 0.6 is 0 Å². The molecule has 0 radical (unpaired) electrons. The summed E-state index contributed by atoms with van der Waals surface area (Å²) in [7, 11) is 0. The summed E-state index contributed by atoms with van der Waals surface area (Å²) in [6.07, 6.45) is -2.40. The van der Waals surface area contributed by atoms with Crippen LogP contribution < -0.4 is 5.32 Å². The van der Waals surface area contributed by atoms with Gasteiger partial charge in [-0.15, -0.1) is 0 Å². The summed E-state index contributed by atoms with van der Waals surface area (Å²) in [6, 6.07) is 6.72. The van der Waals surface area contributed by atoms with Crippen LogP contribution in [0.4, 0.5) is 8.78 Å². The lowest BCUT2D eigenvalue weighted by Crippen LogP contribution is -2.37. The summed E-state index contributed by atoms with van der Waals surface area (Å²) in [5, 5.41) is 3.41. The van der Waals surface area contributed by atoms with Gasteiger partial charge in [-0.1, -0.05) is 38.1 Å². The van der Waals surface area contributed by atoms with Crippen molar-refractivity contribution in [3.8, 4) is 0 Å². The summed E-state index contributed by atoms with van der Waals surface area (Å²) < 4.78 is 30.3. The van der Waals surface area contributed by atoms with Crippen LogP contribution in [0.2, 0.25) is 0 Å². The average Bonchev–Trinajstić information content (AvgIpc) is 2.39. The predicted molar refractivity (Wildman–Crippen MR) is 73.4 cm³/mol. The van der Waals surface area contributed by atoms with E-state index >= 15 is 0 Å². The number of hydrogen-bond acceptors (Lipinski definition) is 2. The van der Waals surface area contributed by atoms with Gasteiger partial charge in [0.25, 0.3) is 6.43 Å². The molecule has 1 aromatic carbocycles. The molecule has 0 aliphatic rings. The molecule has 0 saturated heterocycles. The maximum atomic E-state index is 12.4. The van der Waals surface area contributed by atoms with E-state index in [1.807, 2.05) is 6.92 Å². The van der Waals surface area contributed by atoms with Gasteiger partial charge in [0.05, 0.1) is 6.61 Å². The zero-order valence-electron chi connectivity index (χ0n) is 11.8. The van der Waals surface area contributed by atoms with Gasteiger partial charge >= 0.3 is 0 Å². The Balaban J connectivity index is 2.49. The van der Waals surface area contributed by atoms with Crippen LogP contribution in [0.25, 0.3) is 0 Å². The third-order valence-corrected chi connectivity index (χ3v) is 3.11. The molecule has 1 unspecified atom stereocenters. The maximum Gasteiger partial charge on any atom is 0.263 e. The van der Waals surface area contributed by atoms with Crippen molar-refractivity contribution in [3.05, 3.63) is 35.4 Å². The number of hydrogen-bond donors (Lipinski definition) is 1. The Hall–Kier alpha value is -1.00. The van der Waals surface area contributed by atoms with Gasteiger partial charge in [0.2, 0.25) is 0 Å². The molecule has 0 aliphatic carbocycles. The van der Waals surface area contributed by atoms with Gasteiger partial charge in [-0.2, -0.15) is 0 Å². The molecule has 0 saturated carbocycles. The van der Waals surface area contributed by atoms with Crippen LogP contribution in [0.5, 0.6) is 0 Å². The summed E-state index contributed by atoms with van der Waals surface area (Å²) >= 11 is 0. The number of ether oxygens (including phenoxy) is 1. The van der Waals surface area contributed by atoms with E-state index in [0.29, 0.717) is 25.7 Å². The van der Waals surface area contributed by atoms with Gasteiger partial charge in [-0.3, -0.25) is 0 Å². The fraction of sp³-hybridized carbons (Fsp3) is 0.600. The standard InChI is InChI=1S/C15H23F2NO/c1-4-19-10-14(11(2)3)18-9-12-5-7-13(8-6-12)15(16)17/h5-8,11,14-15,18H,4,9-10H2,1-3H3. The maximum absolute atomic E-state index is 12.4. The van der Waals surface area contributed by atoms with Crippen LogP contribution in [0.1, 0.15) is 38.3 Å². The largest absolute Gasteiger partial charge is 0.380 e. The number of benzene rings is 1. The molecule has 2 nitrogen and oxygen atoms in total. The monoisotopic (exact) mass is 271 g/mol. The molecule has 0 fully saturated rings. The number of rotatable bonds is 8. The lowest BCUT2D eigenvalue weighted by Gasteiger charge is -2.22. The van der Waals surface area contributed by atoms with E-state index < -0.39 is 6.43 Å². The Labute approximate surface area is 114 Å². The highest BCUT2D eigenvalue weighted by atomic mass is 19.3. The van der Waals surface area contributed by atoms with Crippen molar-refractivity contribution in [2.75, 3.05) is 13.2 Å². The van der Waals surface area contributed by atoms with Crippen molar-refractivity contribution < 1.29 is 13.5 Å². The van der Waals surface area contributed by atoms with Gasteiger partial charge in [-0.05, 0) is 18.4 Å². The van der Waals surface area contributed by atoms with Gasteiger partial charge in [0.15, 0.2) is 0 Å². The van der Waals surface area contributed by atoms with Crippen LogP contribution in [-0.4, -0.2) is 19.3 Å². The van der Waals surface area contributed by atoms with Crippen molar-refractivity contribution >= 4 is 0 Å². The van der Waals surface area contributed by atoms with Crippen LogP contribution in [0.3, 0.4) is 0 Å². The highest BCUT2D eigenvalue weighted by Gasteiger charge is 2.13. The average molecular weight is 271 g/mol. The first kappa shape index (κ1) is 16.1. The van der Waals surface area contributed by atoms with Crippen molar-refractivity contribution in [1.29, 1.82) is 0 Å². The van der Waals surface area contributed by atoms with Gasteiger partial charge in [0, 0.05) is 24.8 Å². The van der Waals surface area contributed by atoms with Crippen LogP contribution in [-0.2, 0) is 11.3 Å². The summed E-state index contributed by atoms with van der Waals surface area (Å²) in [5.41, 5.74) is 1.07. The second-order valence-electron chi connectivity index (χ2n) is 4.93. The Morgan fingerprint density at radius 2 is 1.79 bits per heavy atom. The molecule has 0 heterocycles. The minimum atomic E-state index is -2.40. The SMILES string of the molecule is CCOCC(NCc1ccc(C(F)F)cc1)C(C)C. The predicted octanol–water partition coefficient (Wildman–Crippen LogP) is 3.77. The van der Waals surface area contributed by atoms with Crippen molar-refractivity contribution in [1.82, 2.24) is 5.32 Å². The molecular weight excluding hydrogens is 248 g/mol. The first-order valence-electron chi connectivity index (χ1n) is 6.72. The molecule has 1 aromatic rings. The number of alkyl halides is 2. The molecule has 0 aliphatic heterocycles. The van der Waals surface area contributed by atoms with E-state index in [0.717, 1.165) is 5.56 Å². The summed E-state index contributed by atoms with van der Waals surface area (Å²) in [5.74, 6) is 0.465. The van der Waals surface area contributed by atoms with Crippen molar-refractivity contribution in [3.63, 3.8) is 0 Å². The van der Waals surface area contributed by atoms with Crippen molar-refractivity contribution in [2.45, 2.75) is 39.8 Å². The Morgan fingerprint density at radius 1 is 1.16 bits per heavy atom. The fourth-order valence-electron chi connectivity index (χ4n) is 1.76. The smallest absolute Gasteiger partial charge is 0.263 e. The van der Waals surface area contributed by atoms with E-state index in [1.165, 1.54) is 12.1 Å². The third-order valence-electron chi connectivity index (χ3n) is 3.11. The van der Waals surface area contributed by atoms with E-state index in [4.69, 9.17) is 4.74 Å². The first-order valence-corrected chi connectivity index (χ1v) is 6.72. The zero-order chi connectivity index (χ0) is 14.3. The highest BCUT2D eigenvalue weighted by Crippen LogP contribution is 2.18. The van der Waals surface area contributed by atoms with Crippen molar-refractivity contribution in [2.24, 2.45) is 5.92 Å². The molecule has 1 N–H and O–H groups in total. The third kappa shape index (κ3) is 5.66. The summed E-state index contributed by atoms with van der Waals surface area (Å²) in [6.45, 7) is 8.28. The molecule has 0 bridgehead atoms. The lowest BCUT2D eigenvalue weighted by atomic mass is 10.0. The lowest BCUT2D eigenvalue weighted by molar-refractivity contribution is 0.108. The number of halogens is 2. The van der Waals surface area contributed by atoms with E-state index in [2.05, 4.69) is 19.2 Å². The molecule has 1 rings (SSSR count). The number of nitrogens with one attached hydrogen (secondary N) is 1. The topological polar surface area (TPSA) is 21.3 Å². The van der Waals surface area contributed by atoms with E-state index in [1.54, 1.807) is 12.1 Å². The highest BCUT2D eigenvalue weighted by molar-refractivity contribution is 5.23. The quantitative estimate of drug-likeness (QED) is 0.777. The molecule has 4 heteroatoms. The van der Waals surface area contributed by atoms with Gasteiger partial charge in [0.1, 0.15) is 0 Å². The second-order valence-corrected chi connectivity index (χ2v) is 4.93. The Morgan fingerprint density at radius 3 is 2.26 bits per heavy atom. The van der Waals surface area contributed by atoms with E-state index in [-0.39, 0.29) is 11.6 Å². The zero-order valence-corrected chi connectivity index (χ0v) is 11.8. The Kier molecular flexibility index (Phi) is 6.95. The molecule has 1 atom stereocenters. The normalized spacial score (nSPS) is 13.2. The minimum absolute atomic E-state index is 0.0680. The van der Waals surface area contributed by atoms with Gasteiger partial charge < -0.3 is 10.1 Å². The van der Waals surface area contributed by atoms with Gasteiger partial charge in [-0.25, -0.2) is 8.78 Å². The van der Waals surface area contributed by atoms with Crippen LogP contribution in [0.15, 0.2) is 24.3 Å². The fourth-order valence-corrected chi connectivity index (χ4v) is 1.76. The Bertz CT molecular complexity index is 352. The molecular formula is C15H23F2NO. The first-order chi connectivity index (χ1) is 9.04. The molecule has 0 spiro atoms. The molecule has 108 valence electrons. The van der Waals surface area contributed by atoms with Crippen LogP contribution in [0, 0.1) is 5.92 Å². The molecule has 19 heavy (non-hydrogen) atoms. The minimum Gasteiger partial charge on any atom is -0.380 e. The molecule has 0 amide bonds. The second kappa shape index (κ2) is 8.23. The van der Waals surface area contributed by atoms with E-state index in [9.17, 15) is 8.78 Å². The summed E-state index contributed by atoms with van der Waals surface area (Å²) in [4.78, 5) is 0.